The summed E-state index contributed by atoms with van der Waals surface area (Å²) in [5, 5.41) is 19.1. The molecule has 14 heteroatoms. The number of amides is 5. The first-order valence-electron chi connectivity index (χ1n) is 11.8. The van der Waals surface area contributed by atoms with E-state index in [0.717, 1.165) is 0 Å². The number of epoxide rings is 1. The molecule has 5 amide bonds. The van der Waals surface area contributed by atoms with E-state index in [1.165, 1.54) is 0 Å². The summed E-state index contributed by atoms with van der Waals surface area (Å²) in [5.41, 5.74) is 4.26. The maximum atomic E-state index is 12.8. The minimum absolute atomic E-state index is 0.192. The third kappa shape index (κ3) is 10.5. The molecule has 0 radical (unpaired) electrons. The van der Waals surface area contributed by atoms with Gasteiger partial charge in [0.2, 0.25) is 17.7 Å². The fourth-order valence-electron chi connectivity index (χ4n) is 3.14. The Labute approximate surface area is 209 Å². The smallest absolute Gasteiger partial charge is 0.408 e. The number of alkyl carbamates (subject to hydrolysis) is 1. The molecule has 5 atom stereocenters. The fourth-order valence-corrected chi connectivity index (χ4v) is 3.14. The van der Waals surface area contributed by atoms with Gasteiger partial charge in [-0.15, -0.1) is 0 Å². The van der Waals surface area contributed by atoms with Gasteiger partial charge in [-0.1, -0.05) is 26.7 Å². The van der Waals surface area contributed by atoms with Gasteiger partial charge in [0.25, 0.3) is 5.91 Å². The number of nitrogens with two attached hydrogens (primary N) is 1. The van der Waals surface area contributed by atoms with Gasteiger partial charge in [-0.2, -0.15) is 0 Å². The van der Waals surface area contributed by atoms with Crippen molar-refractivity contribution >= 4 is 35.7 Å². The van der Waals surface area contributed by atoms with Gasteiger partial charge < -0.3 is 41.6 Å². The van der Waals surface area contributed by atoms with Gasteiger partial charge in [-0.05, 0) is 33.6 Å². The van der Waals surface area contributed by atoms with E-state index < -0.39 is 78.2 Å². The number of carbonyl (C=O) groups excluding carboxylic acids is 5. The van der Waals surface area contributed by atoms with Crippen LogP contribution >= 0.6 is 0 Å². The van der Waals surface area contributed by atoms with Gasteiger partial charge in [0.1, 0.15) is 23.7 Å². The Balaban J connectivity index is 2.77. The monoisotopic (exact) mass is 515 g/mol. The van der Waals surface area contributed by atoms with Crippen LogP contribution in [0.5, 0.6) is 0 Å². The SMILES string of the molecule is CCC[C@H](NC(=O)OC(C)(C)C)C(=O)N[C@@H](CCC)C(=O)N[C@@H](CNC(=O)C1OC1C(N)=O)C(=O)O. The van der Waals surface area contributed by atoms with Crippen molar-refractivity contribution < 1.29 is 43.3 Å². The van der Waals surface area contributed by atoms with Crippen LogP contribution in [0.15, 0.2) is 0 Å². The van der Waals surface area contributed by atoms with E-state index in [1.54, 1.807) is 27.7 Å². The Bertz CT molecular complexity index is 842. The van der Waals surface area contributed by atoms with E-state index in [2.05, 4.69) is 21.3 Å². The summed E-state index contributed by atoms with van der Waals surface area (Å²) in [4.78, 5) is 72.4. The van der Waals surface area contributed by atoms with E-state index in [0.29, 0.717) is 12.8 Å². The molecule has 0 spiro atoms. The Morgan fingerprint density at radius 1 is 0.889 bits per heavy atom. The lowest BCUT2D eigenvalue weighted by Gasteiger charge is -2.25. The highest BCUT2D eigenvalue weighted by molar-refractivity contribution is 5.95. The summed E-state index contributed by atoms with van der Waals surface area (Å²) >= 11 is 0. The first-order valence-corrected chi connectivity index (χ1v) is 11.8. The third-order valence-electron chi connectivity index (χ3n) is 4.92. The number of rotatable bonds is 14. The van der Waals surface area contributed by atoms with Crippen molar-refractivity contribution in [3.05, 3.63) is 0 Å². The number of nitrogens with one attached hydrogen (secondary N) is 4. The van der Waals surface area contributed by atoms with Crippen molar-refractivity contribution in [2.45, 2.75) is 96.2 Å². The lowest BCUT2D eigenvalue weighted by molar-refractivity contribution is -0.142. The molecule has 0 aliphatic carbocycles. The molecule has 1 heterocycles. The van der Waals surface area contributed by atoms with Crippen LogP contribution in [0.1, 0.15) is 60.3 Å². The average molecular weight is 516 g/mol. The molecule has 1 fully saturated rings. The van der Waals surface area contributed by atoms with Crippen molar-refractivity contribution in [3.8, 4) is 0 Å². The quantitative estimate of drug-likeness (QED) is 0.154. The minimum atomic E-state index is -1.52. The van der Waals surface area contributed by atoms with Crippen LogP contribution in [0.2, 0.25) is 0 Å². The molecule has 204 valence electrons. The van der Waals surface area contributed by atoms with Gasteiger partial charge in [0.05, 0.1) is 0 Å². The normalized spacial score (nSPS) is 19.1. The molecular weight excluding hydrogens is 478 g/mol. The molecular formula is C22H37N5O9. The molecule has 2 unspecified atom stereocenters. The standard InChI is InChI=1S/C22H37N5O9/c1-6-8-11(25-18(30)12(9-7-2)27-21(34)36-22(3,4)5)17(29)26-13(20(32)33)10-24-19(31)15-14(35-15)16(23)28/h11-15H,6-10H2,1-5H3,(H2,23,28)(H,24,31)(H,25,30)(H,26,29)(H,27,34)(H,32,33)/t11-,12-,13-,14?,15?/m0/s1. The Kier molecular flexibility index (Phi) is 11.6. The summed E-state index contributed by atoms with van der Waals surface area (Å²) < 4.78 is 10.0. The van der Waals surface area contributed by atoms with E-state index >= 15 is 0 Å². The van der Waals surface area contributed by atoms with Gasteiger partial charge in [0, 0.05) is 6.54 Å². The molecule has 36 heavy (non-hydrogen) atoms. The van der Waals surface area contributed by atoms with Crippen molar-refractivity contribution in [2.24, 2.45) is 5.73 Å². The molecule has 0 aromatic heterocycles. The summed E-state index contributed by atoms with van der Waals surface area (Å²) in [6.07, 6.45) is -1.45. The number of carboxylic acids is 1. The van der Waals surface area contributed by atoms with Gasteiger partial charge in [-0.3, -0.25) is 19.2 Å². The Morgan fingerprint density at radius 2 is 1.39 bits per heavy atom. The van der Waals surface area contributed by atoms with Crippen LogP contribution in [0, 0.1) is 0 Å². The van der Waals surface area contributed by atoms with Crippen LogP contribution in [0.4, 0.5) is 4.79 Å². The van der Waals surface area contributed by atoms with Gasteiger partial charge >= 0.3 is 12.1 Å². The molecule has 0 aromatic carbocycles. The number of aliphatic carboxylic acids is 1. The van der Waals surface area contributed by atoms with Gasteiger partial charge in [0.15, 0.2) is 12.2 Å². The highest BCUT2D eigenvalue weighted by Gasteiger charge is 2.49. The second-order valence-electron chi connectivity index (χ2n) is 9.36. The number of carboxylic acid groups (broad SMARTS) is 1. The van der Waals surface area contributed by atoms with Crippen LogP contribution in [-0.4, -0.2) is 83.3 Å². The van der Waals surface area contributed by atoms with Gasteiger partial charge in [-0.25, -0.2) is 9.59 Å². The molecule has 1 aliphatic heterocycles. The molecule has 1 aliphatic rings. The second kappa shape index (κ2) is 13.6. The number of primary amides is 1. The zero-order valence-corrected chi connectivity index (χ0v) is 21.2. The fraction of sp³-hybridized carbons (Fsp3) is 0.727. The molecule has 0 bridgehead atoms. The number of hydrogen-bond acceptors (Lipinski definition) is 8. The summed E-state index contributed by atoms with van der Waals surface area (Å²) in [7, 11) is 0. The highest BCUT2D eigenvalue weighted by Crippen LogP contribution is 2.21. The van der Waals surface area contributed by atoms with Crippen molar-refractivity contribution in [1.82, 2.24) is 21.3 Å². The topological polar surface area (TPSA) is 219 Å². The molecule has 0 saturated carbocycles. The summed E-state index contributed by atoms with van der Waals surface area (Å²) in [5.74, 6) is -4.40. The average Bonchev–Trinajstić information content (AvgIpc) is 3.55. The maximum Gasteiger partial charge on any atom is 0.408 e. The molecule has 1 saturated heterocycles. The summed E-state index contributed by atoms with van der Waals surface area (Å²) in [6, 6.07) is -3.58. The number of ether oxygens (including phenoxy) is 2. The third-order valence-corrected chi connectivity index (χ3v) is 4.92. The predicted molar refractivity (Wildman–Crippen MR) is 125 cm³/mol. The Morgan fingerprint density at radius 3 is 1.81 bits per heavy atom. The largest absolute Gasteiger partial charge is 0.480 e. The zero-order valence-electron chi connectivity index (χ0n) is 21.2. The van der Waals surface area contributed by atoms with Crippen LogP contribution in [0.25, 0.3) is 0 Å². The summed E-state index contributed by atoms with van der Waals surface area (Å²) in [6.45, 7) is 8.14. The molecule has 0 aromatic rings. The lowest BCUT2D eigenvalue weighted by Crippen LogP contribution is -2.57. The highest BCUT2D eigenvalue weighted by atomic mass is 16.6. The van der Waals surface area contributed by atoms with Crippen LogP contribution < -0.4 is 27.0 Å². The molecule has 14 nitrogen and oxygen atoms in total. The van der Waals surface area contributed by atoms with Crippen molar-refractivity contribution in [1.29, 1.82) is 0 Å². The van der Waals surface area contributed by atoms with Crippen molar-refractivity contribution in [3.63, 3.8) is 0 Å². The van der Waals surface area contributed by atoms with Crippen molar-refractivity contribution in [2.75, 3.05) is 6.54 Å². The first-order chi connectivity index (χ1) is 16.7. The predicted octanol–water partition coefficient (Wildman–Crippen LogP) is -1.10. The zero-order chi connectivity index (χ0) is 27.6. The van der Waals surface area contributed by atoms with E-state index in [1.807, 2.05) is 6.92 Å². The minimum Gasteiger partial charge on any atom is -0.480 e. The van der Waals surface area contributed by atoms with E-state index in [-0.39, 0.29) is 12.8 Å². The van der Waals surface area contributed by atoms with Crippen LogP contribution in [0.3, 0.4) is 0 Å². The lowest BCUT2D eigenvalue weighted by atomic mass is 10.1. The number of hydrogen-bond donors (Lipinski definition) is 6. The Hall–Kier alpha value is -3.42. The first kappa shape index (κ1) is 30.6. The maximum absolute atomic E-state index is 12.8. The molecule has 1 rings (SSSR count). The second-order valence-corrected chi connectivity index (χ2v) is 9.36. The molecule has 7 N–H and O–H groups in total. The van der Waals surface area contributed by atoms with Crippen LogP contribution in [-0.2, 0) is 33.4 Å². The van der Waals surface area contributed by atoms with E-state index in [9.17, 15) is 33.9 Å². The number of carbonyl (C=O) groups is 6. The van der Waals surface area contributed by atoms with E-state index in [4.69, 9.17) is 15.2 Å².